The van der Waals surface area contributed by atoms with Crippen molar-refractivity contribution in [1.29, 1.82) is 0 Å². The lowest BCUT2D eigenvalue weighted by Gasteiger charge is -2.45. The second-order valence-corrected chi connectivity index (χ2v) is 33.4. The van der Waals surface area contributed by atoms with Gasteiger partial charge in [0.25, 0.3) is 11.1 Å². The Balaban J connectivity index is 0.000000153. The van der Waals surface area contributed by atoms with E-state index in [1.807, 2.05) is 0 Å². The molecule has 0 amide bonds. The summed E-state index contributed by atoms with van der Waals surface area (Å²) in [7, 11) is 0. The van der Waals surface area contributed by atoms with Gasteiger partial charge in [0.15, 0.2) is 70.1 Å². The number of rotatable bonds is 4. The number of aromatic amines is 2. The van der Waals surface area contributed by atoms with Gasteiger partial charge < -0.3 is 71.9 Å². The molecule has 10 aromatic heterocycles. The molecule has 4 aliphatic heterocycles. The van der Waals surface area contributed by atoms with E-state index in [9.17, 15) is 28.8 Å². The molecule has 2 saturated carbocycles. The van der Waals surface area contributed by atoms with Gasteiger partial charge in [-0.2, -0.15) is 20.2 Å². The number of H-pyrrole nitrogens is 2. The molecule has 0 bridgehead atoms. The minimum atomic E-state index is -4.19. The lowest BCUT2D eigenvalue weighted by molar-refractivity contribution is -0.0427. The quantitative estimate of drug-likeness (QED) is 0.0919. The van der Waals surface area contributed by atoms with Crippen molar-refractivity contribution in [3.63, 3.8) is 0 Å². The Hall–Kier alpha value is -5.79. The van der Waals surface area contributed by atoms with Gasteiger partial charge in [-0.05, 0) is 60.1 Å². The van der Waals surface area contributed by atoms with Crippen molar-refractivity contribution in [3.8, 4) is 0 Å². The number of hydrogen-bond acceptors (Lipinski definition) is 30. The second kappa shape index (κ2) is 23.5. The van der Waals surface area contributed by atoms with Gasteiger partial charge in [-0.3, -0.25) is 27.8 Å². The second-order valence-electron chi connectivity index (χ2n) is 22.0. The molecule has 10 aromatic rings. The molecule has 488 valence electrons. The highest BCUT2D eigenvalue weighted by atomic mass is 32.7. The highest BCUT2D eigenvalue weighted by molar-refractivity contribution is 8.44. The van der Waals surface area contributed by atoms with Crippen LogP contribution in [0.25, 0.3) is 56.2 Å². The predicted octanol–water partition coefficient (Wildman–Crippen LogP) is 1.79. The first kappa shape index (κ1) is 62.3. The smallest absolute Gasteiger partial charge is 0.382 e. The van der Waals surface area contributed by atoms with Crippen molar-refractivity contribution in [2.45, 2.75) is 74.1 Å². The van der Waals surface area contributed by atoms with Crippen LogP contribution >= 0.6 is 39.2 Å². The first-order valence-electron chi connectivity index (χ1n) is 27.6. The molecule has 6 aliphatic rings. The molecular weight excluding hydrogens is 1380 g/mol. The fourth-order valence-corrected chi connectivity index (χ4v) is 17.4. The van der Waals surface area contributed by atoms with E-state index in [1.54, 1.807) is 9.13 Å². The number of thiol groups is 1. The molecule has 16 rings (SSSR count). The third-order valence-electron chi connectivity index (χ3n) is 16.9. The molecule has 0 radical (unpaired) electrons. The third-order valence-corrected chi connectivity index (χ3v) is 23.2. The zero-order chi connectivity index (χ0) is 63.9. The molecule has 48 heteroatoms. The molecule has 18 atom stereocenters. The molecular formula is C44H48F2N22O16P4S4. The SMILES string of the molecule is Nc1ncnc2c1ncn2[C@@H]1O[C@@H]2COP(O)(=S)OC[C@@H]3[C@@H](COP(=O)(S)O[C@H]2[C@H]1F)C[C@H]3n1cnc2c(=O)n3cn[nH]c3nc21.Nc1ncnc2c1ncn2[C@@H]1O[C@@H]2COP(O)(=S)OC[C@@H]3[C@@H](COP(O)(=S)O[C@H]2[C@H]1F)C[C@H]3n1cnc2c(=O)n3cn[nH]c3nc21. The highest BCUT2D eigenvalue weighted by Gasteiger charge is 2.54. The monoisotopic (exact) mass is 1430 g/mol. The van der Waals surface area contributed by atoms with Gasteiger partial charge in [0.05, 0.1) is 65.0 Å². The first-order valence-corrected chi connectivity index (χ1v) is 38.0. The maximum absolute atomic E-state index is 16.1. The first-order chi connectivity index (χ1) is 44.0. The van der Waals surface area contributed by atoms with Gasteiger partial charge in [-0.15, -0.1) is 0 Å². The summed E-state index contributed by atoms with van der Waals surface area (Å²) < 4.78 is 111. The minimum absolute atomic E-state index is 0.0814. The van der Waals surface area contributed by atoms with E-state index < -0.39 is 101 Å². The van der Waals surface area contributed by atoms with E-state index >= 15 is 8.78 Å². The minimum Gasteiger partial charge on any atom is -0.382 e. The molecule has 6 fully saturated rings. The lowest BCUT2D eigenvalue weighted by atomic mass is 9.70. The Morgan fingerprint density at radius 3 is 1.42 bits per heavy atom. The number of anilines is 2. The van der Waals surface area contributed by atoms with E-state index in [4.69, 9.17) is 92.6 Å². The summed E-state index contributed by atoms with van der Waals surface area (Å²) in [6.07, 6.45) is -0.505. The van der Waals surface area contributed by atoms with Crippen LogP contribution in [-0.4, -0.2) is 188 Å². The number of imidazole rings is 4. The van der Waals surface area contributed by atoms with Crippen LogP contribution in [0.1, 0.15) is 37.4 Å². The van der Waals surface area contributed by atoms with E-state index in [2.05, 4.69) is 82.5 Å². The predicted molar refractivity (Wildman–Crippen MR) is 324 cm³/mol. The fourth-order valence-electron chi connectivity index (χ4n) is 12.2. The van der Waals surface area contributed by atoms with E-state index in [0.29, 0.717) is 24.1 Å². The average molecular weight is 1430 g/mol. The summed E-state index contributed by atoms with van der Waals surface area (Å²) in [6.45, 7) is -17.4. The zero-order valence-electron chi connectivity index (χ0n) is 46.4. The normalized spacial score (nSPS) is 35.7. The summed E-state index contributed by atoms with van der Waals surface area (Å²) in [6, 6.07) is -0.632. The number of nitrogens with two attached hydrogens (primary N) is 2. The molecule has 38 nitrogen and oxygen atoms in total. The van der Waals surface area contributed by atoms with Crippen LogP contribution < -0.4 is 22.6 Å². The van der Waals surface area contributed by atoms with Gasteiger partial charge in [0.2, 0.25) is 11.6 Å². The van der Waals surface area contributed by atoms with Crippen LogP contribution in [0.3, 0.4) is 0 Å². The van der Waals surface area contributed by atoms with Crippen molar-refractivity contribution in [3.05, 3.63) is 71.3 Å². The molecule has 9 N–H and O–H groups in total. The number of nitrogen functional groups attached to an aromatic ring is 2. The van der Waals surface area contributed by atoms with Gasteiger partial charge in [-0.25, -0.2) is 72.2 Å². The maximum atomic E-state index is 16.1. The maximum Gasteiger partial charge on any atom is 0.386 e. The highest BCUT2D eigenvalue weighted by Crippen LogP contribution is 2.60. The lowest BCUT2D eigenvalue weighted by Crippen LogP contribution is -2.43. The van der Waals surface area contributed by atoms with Gasteiger partial charge in [0.1, 0.15) is 60.8 Å². The molecule has 4 saturated heterocycles. The Bertz CT molecular complexity index is 4590. The number of alkyl halides is 2. The Kier molecular flexibility index (Phi) is 16.0. The number of aromatic nitrogens is 20. The van der Waals surface area contributed by atoms with Crippen molar-refractivity contribution < 1.29 is 73.7 Å². The Morgan fingerprint density at radius 1 is 0.533 bits per heavy atom. The van der Waals surface area contributed by atoms with E-state index in [0.717, 1.165) is 0 Å². The number of hydrogen-bond donors (Lipinski definition) is 8. The number of halogens is 2. The van der Waals surface area contributed by atoms with E-state index in [1.165, 1.54) is 68.6 Å². The van der Waals surface area contributed by atoms with Gasteiger partial charge in [0, 0.05) is 23.9 Å². The largest absolute Gasteiger partial charge is 0.386 e. The number of fused-ring (bicyclic) bond motifs is 10. The van der Waals surface area contributed by atoms with Crippen LogP contribution in [0, 0.1) is 23.7 Å². The molecule has 0 spiro atoms. The fraction of sp³-hybridized carbons (Fsp3) is 0.500. The van der Waals surface area contributed by atoms with Crippen LogP contribution in [0.2, 0.25) is 0 Å². The van der Waals surface area contributed by atoms with Crippen molar-refractivity contribution >= 4 is 142 Å². The number of nitrogens with one attached hydrogen (secondary N) is 2. The number of ether oxygens (including phenoxy) is 2. The summed E-state index contributed by atoms with van der Waals surface area (Å²) in [5.74, 6) is -0.681. The topological polar surface area (TPSA) is 471 Å². The zero-order valence-corrected chi connectivity index (χ0v) is 53.4. The standard InChI is InChI=1S/2C22H24FN11O8P2S2/c2*23-13-16-12(41-21(13)33-7-27-14-17(24)25-5-26-18(14)33)4-40-43(36,45)39-3-10-9(2-38-44(37,46)42-16)1-11(10)32-6-28-15-19(32)30-22-31-29-8-34(22)20(15)35/h2*5-13,16,21H,1-4H2,(H,30,31)(H,36,45)(H,37,46)(H2,24,25,26)/t2*9-,10-,11-,12-,13-,16-,21-,43?,44?/m11/s1. The van der Waals surface area contributed by atoms with Gasteiger partial charge in [-0.1, -0.05) is 12.2 Å². The molecule has 92 heavy (non-hydrogen) atoms. The molecule has 0 aromatic carbocycles. The van der Waals surface area contributed by atoms with Crippen molar-refractivity contribution in [1.82, 2.24) is 97.3 Å². The summed E-state index contributed by atoms with van der Waals surface area (Å²) in [5, 5.41) is 13.0. The Morgan fingerprint density at radius 2 is 0.946 bits per heavy atom. The summed E-state index contributed by atoms with van der Waals surface area (Å²) >= 11 is 20.0. The number of nitrogens with zero attached hydrogens (tertiary/aromatic N) is 18. The van der Waals surface area contributed by atoms with Crippen LogP contribution in [0.4, 0.5) is 20.4 Å². The van der Waals surface area contributed by atoms with Crippen molar-refractivity contribution in [2.75, 3.05) is 51.1 Å². The third kappa shape index (κ3) is 11.2. The summed E-state index contributed by atoms with van der Waals surface area (Å²) in [4.78, 5) is 101. The van der Waals surface area contributed by atoms with E-state index in [-0.39, 0.29) is 119 Å². The molecule has 4 unspecified atom stereocenters. The summed E-state index contributed by atoms with van der Waals surface area (Å²) in [5.41, 5.74) is 12.7. The van der Waals surface area contributed by atoms with Crippen LogP contribution in [0.5, 0.6) is 0 Å². The van der Waals surface area contributed by atoms with Crippen molar-refractivity contribution in [2.24, 2.45) is 23.7 Å². The van der Waals surface area contributed by atoms with Crippen LogP contribution in [0.15, 0.2) is 60.2 Å². The molecule has 14 heterocycles. The average Bonchev–Trinajstić information content (AvgIpc) is 1.64. The van der Waals surface area contributed by atoms with Crippen LogP contribution in [-0.2, 0) is 85.6 Å². The Labute approximate surface area is 531 Å². The molecule has 2 aliphatic carbocycles. The van der Waals surface area contributed by atoms with Gasteiger partial charge >= 0.3 is 27.0 Å².